The van der Waals surface area contributed by atoms with Gasteiger partial charge in [0.1, 0.15) is 0 Å². The fourth-order valence-electron chi connectivity index (χ4n) is 1.82. The Morgan fingerprint density at radius 1 is 1.05 bits per heavy atom. The van der Waals surface area contributed by atoms with Gasteiger partial charge in [-0.1, -0.05) is 35.0 Å². The van der Waals surface area contributed by atoms with E-state index in [2.05, 4.69) is 20.9 Å². The summed E-state index contributed by atoms with van der Waals surface area (Å²) in [6.45, 7) is 1.84. The summed E-state index contributed by atoms with van der Waals surface area (Å²) in [5.41, 5.74) is 0.825. The van der Waals surface area contributed by atoms with Crippen molar-refractivity contribution in [2.45, 2.75) is 17.7 Å². The van der Waals surface area contributed by atoms with Gasteiger partial charge in [-0.3, -0.25) is 4.98 Å². The van der Waals surface area contributed by atoms with E-state index in [1.807, 2.05) is 13.0 Å². The third-order valence-corrected chi connectivity index (χ3v) is 4.24. The highest BCUT2D eigenvalue weighted by molar-refractivity contribution is 9.09. The van der Waals surface area contributed by atoms with Crippen LogP contribution in [-0.4, -0.2) is 4.98 Å². The quantitative estimate of drug-likeness (QED) is 0.585. The number of hydrogen-bond acceptors (Lipinski definition) is 1. The Bertz CT molecular complexity index is 574. The number of pyridine rings is 1. The molecule has 0 aliphatic carbocycles. The highest BCUT2D eigenvalue weighted by Crippen LogP contribution is 2.38. The van der Waals surface area contributed by atoms with E-state index in [-0.39, 0.29) is 11.5 Å². The molecule has 0 aliphatic heterocycles. The van der Waals surface area contributed by atoms with Gasteiger partial charge in [-0.05, 0) is 18.2 Å². The topological polar surface area (TPSA) is 12.9 Å². The van der Waals surface area contributed by atoms with E-state index in [4.69, 9.17) is 0 Å². The van der Waals surface area contributed by atoms with Crippen molar-refractivity contribution in [1.29, 1.82) is 0 Å². The van der Waals surface area contributed by atoms with E-state index in [9.17, 15) is 13.2 Å². The third kappa shape index (κ3) is 2.81. The average Bonchev–Trinajstić information content (AvgIpc) is 2.44. The fourth-order valence-corrected chi connectivity index (χ4v) is 2.44. The first kappa shape index (κ1) is 14.1. The first-order valence-electron chi connectivity index (χ1n) is 5.70. The second kappa shape index (κ2) is 5.74. The molecule has 1 nitrogen and oxygen atoms in total. The van der Waals surface area contributed by atoms with Gasteiger partial charge in [0.25, 0.3) is 0 Å². The van der Waals surface area contributed by atoms with E-state index in [1.54, 1.807) is 18.3 Å². The van der Waals surface area contributed by atoms with Crippen molar-refractivity contribution in [2.75, 3.05) is 0 Å². The number of rotatable bonds is 3. The summed E-state index contributed by atoms with van der Waals surface area (Å²) in [5, 5.41) is 0. The van der Waals surface area contributed by atoms with Gasteiger partial charge in [0.15, 0.2) is 17.5 Å². The van der Waals surface area contributed by atoms with Gasteiger partial charge < -0.3 is 0 Å². The molecule has 100 valence electrons. The Kier molecular flexibility index (Phi) is 4.24. The van der Waals surface area contributed by atoms with Crippen LogP contribution in [0.5, 0.6) is 0 Å². The largest absolute Gasteiger partial charge is 0.261 e. The van der Waals surface area contributed by atoms with Crippen molar-refractivity contribution in [3.05, 3.63) is 65.2 Å². The monoisotopic (exact) mass is 329 g/mol. The Labute approximate surface area is 117 Å². The van der Waals surface area contributed by atoms with Gasteiger partial charge in [0.2, 0.25) is 0 Å². The minimum absolute atomic E-state index is 0.0806. The second-order valence-electron chi connectivity index (χ2n) is 4.21. The molecule has 19 heavy (non-hydrogen) atoms. The molecule has 1 heterocycles. The summed E-state index contributed by atoms with van der Waals surface area (Å²) in [4.78, 5) is 3.69. The van der Waals surface area contributed by atoms with Crippen molar-refractivity contribution in [3.8, 4) is 0 Å². The van der Waals surface area contributed by atoms with Gasteiger partial charge in [0.05, 0.1) is 4.83 Å². The van der Waals surface area contributed by atoms with Crippen LogP contribution in [0.25, 0.3) is 0 Å². The Morgan fingerprint density at radius 3 is 2.42 bits per heavy atom. The molecule has 1 aromatic carbocycles. The van der Waals surface area contributed by atoms with Crippen molar-refractivity contribution >= 4 is 15.9 Å². The van der Waals surface area contributed by atoms with Crippen LogP contribution in [0.4, 0.5) is 13.2 Å². The third-order valence-electron chi connectivity index (χ3n) is 2.96. The molecule has 2 atom stereocenters. The number of nitrogens with zero attached hydrogens (tertiary/aromatic N) is 1. The molecule has 0 fully saturated rings. The van der Waals surface area contributed by atoms with Crippen LogP contribution < -0.4 is 0 Å². The maximum absolute atomic E-state index is 13.7. The molecule has 0 spiro atoms. The minimum atomic E-state index is -1.45. The molecule has 0 N–H and O–H groups in total. The molecule has 2 unspecified atom stereocenters. The molecule has 2 aromatic rings. The second-order valence-corrected chi connectivity index (χ2v) is 5.20. The van der Waals surface area contributed by atoms with Crippen LogP contribution in [0.2, 0.25) is 0 Å². The maximum Gasteiger partial charge on any atom is 0.194 e. The van der Waals surface area contributed by atoms with Gasteiger partial charge in [-0.2, -0.15) is 0 Å². The van der Waals surface area contributed by atoms with Gasteiger partial charge >= 0.3 is 0 Å². The lowest BCUT2D eigenvalue weighted by Crippen LogP contribution is -2.07. The summed E-state index contributed by atoms with van der Waals surface area (Å²) >= 11 is 3.33. The minimum Gasteiger partial charge on any atom is -0.261 e. The molecule has 1 aromatic heterocycles. The van der Waals surface area contributed by atoms with Crippen LogP contribution in [0.1, 0.15) is 28.9 Å². The first-order chi connectivity index (χ1) is 9.02. The molecule has 5 heteroatoms. The SMILES string of the molecule is CC(c1ccccn1)C(Br)c1ccc(F)c(F)c1F. The summed E-state index contributed by atoms with van der Waals surface area (Å²) in [5.74, 6) is -3.98. The van der Waals surface area contributed by atoms with E-state index in [0.717, 1.165) is 11.8 Å². The highest BCUT2D eigenvalue weighted by Gasteiger charge is 2.24. The highest BCUT2D eigenvalue weighted by atomic mass is 79.9. The molecule has 0 aliphatic rings. The summed E-state index contributed by atoms with van der Waals surface area (Å²) in [6.07, 6.45) is 1.63. The number of aromatic nitrogens is 1. The molecular formula is C14H11BrF3N. The van der Waals surface area contributed by atoms with Crippen LogP contribution in [0.15, 0.2) is 36.5 Å². The van der Waals surface area contributed by atoms with E-state index in [0.29, 0.717) is 0 Å². The van der Waals surface area contributed by atoms with Gasteiger partial charge in [-0.25, -0.2) is 13.2 Å². The van der Waals surface area contributed by atoms with Crippen molar-refractivity contribution in [1.82, 2.24) is 4.98 Å². The Balaban J connectivity index is 2.35. The lowest BCUT2D eigenvalue weighted by atomic mass is 9.97. The zero-order valence-electron chi connectivity index (χ0n) is 10.1. The molecule has 0 bridgehead atoms. The van der Waals surface area contributed by atoms with Crippen molar-refractivity contribution in [3.63, 3.8) is 0 Å². The summed E-state index contributed by atoms with van der Waals surface area (Å²) < 4.78 is 39.9. The Hall–Kier alpha value is -1.36. The fraction of sp³-hybridized carbons (Fsp3) is 0.214. The number of halogens is 4. The number of hydrogen-bond donors (Lipinski definition) is 0. The maximum atomic E-state index is 13.7. The number of alkyl halides is 1. The molecule has 0 radical (unpaired) electrons. The van der Waals surface area contributed by atoms with E-state index >= 15 is 0 Å². The first-order valence-corrected chi connectivity index (χ1v) is 6.62. The predicted octanol–water partition coefficient (Wildman–Crippen LogP) is 4.74. The zero-order valence-corrected chi connectivity index (χ0v) is 11.7. The molecular weight excluding hydrogens is 319 g/mol. The standard InChI is InChI=1S/C14H11BrF3N/c1-8(11-4-2-3-7-19-11)12(15)9-5-6-10(16)14(18)13(9)17/h2-8,12H,1H3. The Morgan fingerprint density at radius 2 is 1.79 bits per heavy atom. The molecule has 0 saturated heterocycles. The normalized spacial score (nSPS) is 14.2. The summed E-state index contributed by atoms with van der Waals surface area (Å²) in [7, 11) is 0. The van der Waals surface area contributed by atoms with Crippen LogP contribution in [0, 0.1) is 17.5 Å². The van der Waals surface area contributed by atoms with Crippen LogP contribution in [0.3, 0.4) is 0 Å². The molecule has 2 rings (SSSR count). The molecule has 0 saturated carbocycles. The van der Waals surface area contributed by atoms with Crippen LogP contribution in [-0.2, 0) is 0 Å². The van der Waals surface area contributed by atoms with Gasteiger partial charge in [-0.15, -0.1) is 0 Å². The zero-order chi connectivity index (χ0) is 14.0. The van der Waals surface area contributed by atoms with Gasteiger partial charge in [0, 0.05) is 23.4 Å². The lowest BCUT2D eigenvalue weighted by Gasteiger charge is -2.19. The van der Waals surface area contributed by atoms with Crippen molar-refractivity contribution < 1.29 is 13.2 Å². The van der Waals surface area contributed by atoms with E-state index < -0.39 is 22.3 Å². The van der Waals surface area contributed by atoms with Crippen LogP contribution >= 0.6 is 15.9 Å². The number of benzene rings is 1. The average molecular weight is 330 g/mol. The summed E-state index contributed by atoms with van der Waals surface area (Å²) in [6, 6.07) is 7.56. The lowest BCUT2D eigenvalue weighted by molar-refractivity contribution is 0.438. The predicted molar refractivity (Wildman–Crippen MR) is 70.6 cm³/mol. The smallest absolute Gasteiger partial charge is 0.194 e. The molecule has 0 amide bonds. The van der Waals surface area contributed by atoms with Crippen molar-refractivity contribution in [2.24, 2.45) is 0 Å². The van der Waals surface area contributed by atoms with E-state index in [1.165, 1.54) is 6.07 Å².